The van der Waals surface area contributed by atoms with E-state index < -0.39 is 19.5 Å². The smallest absolute Gasteiger partial charge is 0.408 e. The molecule has 0 aliphatic carbocycles. The van der Waals surface area contributed by atoms with Crippen molar-refractivity contribution in [1.29, 1.82) is 0 Å². The van der Waals surface area contributed by atoms with Crippen LogP contribution < -0.4 is 5.32 Å². The van der Waals surface area contributed by atoms with Crippen molar-refractivity contribution >= 4 is 13.7 Å². The van der Waals surface area contributed by atoms with E-state index in [9.17, 15) is 9.36 Å². The van der Waals surface area contributed by atoms with Gasteiger partial charge in [-0.3, -0.25) is 4.57 Å². The number of hydrogen-bond donors (Lipinski definition) is 1. The number of amides is 1. The van der Waals surface area contributed by atoms with E-state index in [1.807, 2.05) is 44.2 Å². The van der Waals surface area contributed by atoms with Crippen LogP contribution in [0.3, 0.4) is 0 Å². The summed E-state index contributed by atoms with van der Waals surface area (Å²) in [6.45, 7) is 6.05. The molecule has 0 fully saturated rings. The third-order valence-electron chi connectivity index (χ3n) is 3.14. The summed E-state index contributed by atoms with van der Waals surface area (Å²) in [6, 6.07) is 9.34. The van der Waals surface area contributed by atoms with Gasteiger partial charge in [-0.2, -0.15) is 0 Å². The van der Waals surface area contributed by atoms with Crippen LogP contribution in [-0.2, 0) is 25.0 Å². The van der Waals surface area contributed by atoms with E-state index in [0.29, 0.717) is 6.42 Å². The molecule has 1 rings (SSSR count). The van der Waals surface area contributed by atoms with E-state index in [1.54, 1.807) is 6.92 Å². The molecule has 1 amide bonds. The first-order valence-electron chi connectivity index (χ1n) is 7.68. The topological polar surface area (TPSA) is 73.9 Å². The number of hydrogen-bond acceptors (Lipinski definition) is 5. The van der Waals surface area contributed by atoms with E-state index in [-0.39, 0.29) is 19.1 Å². The third kappa shape index (κ3) is 6.73. The Morgan fingerprint density at radius 1 is 1.26 bits per heavy atom. The molecule has 1 N–H and O–H groups in total. The predicted octanol–water partition coefficient (Wildman–Crippen LogP) is 4.16. The molecular weight excluding hydrogens is 317 g/mol. The van der Waals surface area contributed by atoms with Gasteiger partial charge in [0, 0.05) is 7.11 Å². The first-order valence-corrected chi connectivity index (χ1v) is 9.29. The number of rotatable bonds is 9. The van der Waals surface area contributed by atoms with Gasteiger partial charge in [0.25, 0.3) is 0 Å². The molecule has 0 saturated carbocycles. The van der Waals surface area contributed by atoms with Gasteiger partial charge in [-0.15, -0.1) is 0 Å². The molecule has 2 atom stereocenters. The van der Waals surface area contributed by atoms with E-state index in [0.717, 1.165) is 5.56 Å². The molecular formula is C16H26NO5P. The zero-order valence-corrected chi connectivity index (χ0v) is 15.0. The van der Waals surface area contributed by atoms with Crippen LogP contribution in [0.2, 0.25) is 0 Å². The summed E-state index contributed by atoms with van der Waals surface area (Å²) in [7, 11) is -2.11. The lowest BCUT2D eigenvalue weighted by Gasteiger charge is -2.27. The minimum Gasteiger partial charge on any atom is -0.445 e. The van der Waals surface area contributed by atoms with Crippen LogP contribution in [0.5, 0.6) is 0 Å². The minimum absolute atomic E-state index is 0.146. The van der Waals surface area contributed by atoms with Crippen molar-refractivity contribution in [3.63, 3.8) is 0 Å². The summed E-state index contributed by atoms with van der Waals surface area (Å²) in [5.74, 6) is -0.533. The highest BCUT2D eigenvalue weighted by molar-refractivity contribution is 7.54. The van der Waals surface area contributed by atoms with Crippen LogP contribution >= 0.6 is 7.60 Å². The van der Waals surface area contributed by atoms with Gasteiger partial charge in [0.2, 0.25) is 0 Å². The van der Waals surface area contributed by atoms with Crippen molar-refractivity contribution in [2.75, 3.05) is 13.7 Å². The molecule has 130 valence electrons. The van der Waals surface area contributed by atoms with Crippen LogP contribution in [0.25, 0.3) is 0 Å². The summed E-state index contributed by atoms with van der Waals surface area (Å²) in [5.41, 5.74) is 0.878. The average Bonchev–Trinajstić information content (AvgIpc) is 2.53. The number of benzene rings is 1. The molecule has 23 heavy (non-hydrogen) atoms. The fourth-order valence-corrected chi connectivity index (χ4v) is 3.91. The van der Waals surface area contributed by atoms with Gasteiger partial charge >= 0.3 is 13.7 Å². The van der Waals surface area contributed by atoms with Gasteiger partial charge in [-0.25, -0.2) is 4.79 Å². The van der Waals surface area contributed by atoms with Gasteiger partial charge in [-0.1, -0.05) is 44.2 Å². The summed E-state index contributed by atoms with van der Waals surface area (Å²) < 4.78 is 28.2. The van der Waals surface area contributed by atoms with Crippen molar-refractivity contribution in [2.45, 2.75) is 39.6 Å². The Morgan fingerprint density at radius 3 is 2.43 bits per heavy atom. The van der Waals surface area contributed by atoms with Gasteiger partial charge in [0.1, 0.15) is 12.4 Å². The number of carbonyl (C=O) groups is 1. The second kappa shape index (κ2) is 9.71. The van der Waals surface area contributed by atoms with Crippen LogP contribution in [0.1, 0.15) is 32.8 Å². The van der Waals surface area contributed by atoms with Crippen LogP contribution in [-0.4, -0.2) is 25.6 Å². The summed E-state index contributed by atoms with van der Waals surface area (Å²) in [4.78, 5) is 12.0. The average molecular weight is 343 g/mol. The molecule has 0 aliphatic rings. The Labute approximate surface area is 138 Å². The maximum absolute atomic E-state index is 12.7. The van der Waals surface area contributed by atoms with Gasteiger partial charge in [0.15, 0.2) is 0 Å². The number of nitrogens with one attached hydrogen (secondary N) is 1. The SMILES string of the molecule is CCOP(=O)(OC)[C@@H](CC(C)C)NC(=O)OCc1ccccc1. The Hall–Kier alpha value is -1.36. The lowest BCUT2D eigenvalue weighted by atomic mass is 10.1. The summed E-state index contributed by atoms with van der Waals surface area (Å²) in [6.07, 6.45) is -0.178. The Bertz CT molecular complexity index is 520. The highest BCUT2D eigenvalue weighted by atomic mass is 31.2. The van der Waals surface area contributed by atoms with Crippen LogP contribution in [0.4, 0.5) is 4.79 Å². The number of carbonyl (C=O) groups excluding carboxylic acids is 1. The zero-order valence-electron chi connectivity index (χ0n) is 14.2. The standard InChI is InChI=1S/C16H26NO5P/c1-5-22-23(19,20-4)15(11-13(2)3)17-16(18)21-12-14-9-7-6-8-10-14/h6-10,13,15H,5,11-12H2,1-4H3,(H,17,18)/t15-,23?/m0/s1. The third-order valence-corrected chi connectivity index (χ3v) is 5.37. The molecule has 0 bridgehead atoms. The second-order valence-corrected chi connectivity index (χ2v) is 7.82. The van der Waals surface area contributed by atoms with Crippen LogP contribution in [0, 0.1) is 5.92 Å². The fraction of sp³-hybridized carbons (Fsp3) is 0.562. The molecule has 0 saturated heterocycles. The molecule has 1 aromatic rings. The lowest BCUT2D eigenvalue weighted by molar-refractivity contribution is 0.134. The maximum atomic E-state index is 12.7. The molecule has 0 heterocycles. The first kappa shape index (κ1) is 19.7. The molecule has 6 nitrogen and oxygen atoms in total. The Morgan fingerprint density at radius 2 is 1.91 bits per heavy atom. The largest absolute Gasteiger partial charge is 0.445 e. The van der Waals surface area contributed by atoms with Crippen LogP contribution in [0.15, 0.2) is 30.3 Å². The predicted molar refractivity (Wildman–Crippen MR) is 89.2 cm³/mol. The van der Waals surface area contributed by atoms with Crippen molar-refractivity contribution in [3.05, 3.63) is 35.9 Å². The van der Waals surface area contributed by atoms with E-state index >= 15 is 0 Å². The summed E-state index contributed by atoms with van der Waals surface area (Å²) in [5, 5.41) is 2.62. The quantitative estimate of drug-likeness (QED) is 0.682. The summed E-state index contributed by atoms with van der Waals surface area (Å²) >= 11 is 0. The van der Waals surface area contributed by atoms with E-state index in [4.69, 9.17) is 13.8 Å². The van der Waals surface area contributed by atoms with Gasteiger partial charge in [0.05, 0.1) is 6.61 Å². The van der Waals surface area contributed by atoms with Crippen molar-refractivity contribution in [3.8, 4) is 0 Å². The Balaban J connectivity index is 2.68. The lowest BCUT2D eigenvalue weighted by Crippen LogP contribution is -2.37. The molecule has 0 aromatic heterocycles. The molecule has 0 aliphatic heterocycles. The fourth-order valence-electron chi connectivity index (χ4n) is 2.06. The highest BCUT2D eigenvalue weighted by Crippen LogP contribution is 2.53. The molecule has 0 spiro atoms. The van der Waals surface area contributed by atoms with Crippen molar-refractivity contribution in [1.82, 2.24) is 5.32 Å². The molecule has 1 aromatic carbocycles. The molecule has 1 unspecified atom stereocenters. The second-order valence-electron chi connectivity index (χ2n) is 5.49. The highest BCUT2D eigenvalue weighted by Gasteiger charge is 2.36. The van der Waals surface area contributed by atoms with Crippen molar-refractivity contribution < 1.29 is 23.1 Å². The monoisotopic (exact) mass is 343 g/mol. The zero-order chi connectivity index (χ0) is 17.3. The molecule has 0 radical (unpaired) electrons. The van der Waals surface area contributed by atoms with Crippen molar-refractivity contribution in [2.24, 2.45) is 5.92 Å². The normalized spacial score (nSPS) is 15.0. The first-order chi connectivity index (χ1) is 10.9. The Kier molecular flexibility index (Phi) is 8.31. The van der Waals surface area contributed by atoms with Gasteiger partial charge < -0.3 is 19.1 Å². The maximum Gasteiger partial charge on any atom is 0.408 e. The molecule has 7 heteroatoms. The number of alkyl carbamates (subject to hydrolysis) is 1. The van der Waals surface area contributed by atoms with Gasteiger partial charge in [-0.05, 0) is 24.8 Å². The van der Waals surface area contributed by atoms with E-state index in [2.05, 4.69) is 5.32 Å². The number of ether oxygens (including phenoxy) is 1. The minimum atomic E-state index is -3.43. The van der Waals surface area contributed by atoms with E-state index in [1.165, 1.54) is 7.11 Å².